The summed E-state index contributed by atoms with van der Waals surface area (Å²) in [6, 6.07) is 5.28. The number of carbonyl (C=O) groups is 1. The molecular weight excluding hydrogens is 234 g/mol. The van der Waals surface area contributed by atoms with E-state index in [4.69, 9.17) is 22.4 Å². The predicted octanol–water partition coefficient (Wildman–Crippen LogP) is 2.88. The zero-order valence-corrected chi connectivity index (χ0v) is 9.64. The third-order valence-corrected chi connectivity index (χ3v) is 3.16. The van der Waals surface area contributed by atoms with Gasteiger partial charge in [0.15, 0.2) is 0 Å². The van der Waals surface area contributed by atoms with E-state index in [1.165, 1.54) is 11.8 Å². The minimum absolute atomic E-state index is 0.188. The Morgan fingerprint density at radius 2 is 2.27 bits per heavy atom. The molecule has 0 amide bonds. The smallest absolute Gasteiger partial charge is 0.303 e. The van der Waals surface area contributed by atoms with Crippen molar-refractivity contribution in [1.82, 2.24) is 0 Å². The minimum Gasteiger partial charge on any atom is -0.481 e. The lowest BCUT2D eigenvalue weighted by Gasteiger charge is -2.04. The fraction of sp³-hybridized carbons (Fsp3) is 0.300. The highest BCUT2D eigenvalue weighted by Crippen LogP contribution is 2.28. The summed E-state index contributed by atoms with van der Waals surface area (Å²) >= 11 is 7.35. The molecule has 1 aromatic rings. The van der Waals surface area contributed by atoms with Crippen LogP contribution in [0.4, 0.5) is 5.69 Å². The van der Waals surface area contributed by atoms with Crippen LogP contribution in [0.3, 0.4) is 0 Å². The predicted molar refractivity (Wildman–Crippen MR) is 63.5 cm³/mol. The second-order valence-corrected chi connectivity index (χ2v) is 4.60. The number of halogens is 1. The molecular formula is C10H12ClNO2S. The molecule has 0 saturated carbocycles. The average molecular weight is 246 g/mol. The maximum absolute atomic E-state index is 10.3. The van der Waals surface area contributed by atoms with Crippen LogP contribution in [0.25, 0.3) is 0 Å². The Hall–Kier alpha value is -0.870. The molecule has 0 aromatic heterocycles. The number of benzene rings is 1. The van der Waals surface area contributed by atoms with E-state index >= 15 is 0 Å². The van der Waals surface area contributed by atoms with Crippen molar-refractivity contribution < 1.29 is 9.90 Å². The molecule has 0 aliphatic carbocycles. The highest BCUT2D eigenvalue weighted by Gasteiger charge is 2.02. The number of nitrogens with two attached hydrogens (primary N) is 1. The molecule has 0 aliphatic heterocycles. The molecule has 1 aromatic carbocycles. The SMILES string of the molecule is Nc1ccc(Cl)cc1SCCCC(=O)O. The van der Waals surface area contributed by atoms with E-state index in [2.05, 4.69) is 0 Å². The number of anilines is 1. The summed E-state index contributed by atoms with van der Waals surface area (Å²) in [5.41, 5.74) is 6.42. The summed E-state index contributed by atoms with van der Waals surface area (Å²) in [6.07, 6.45) is 0.819. The Labute approximate surface area is 97.6 Å². The Morgan fingerprint density at radius 3 is 2.93 bits per heavy atom. The first kappa shape index (κ1) is 12.2. The van der Waals surface area contributed by atoms with Crippen molar-refractivity contribution in [2.24, 2.45) is 0 Å². The summed E-state index contributed by atoms with van der Waals surface area (Å²) in [6.45, 7) is 0. The Bertz CT molecular complexity index is 357. The van der Waals surface area contributed by atoms with Crippen LogP contribution in [0.1, 0.15) is 12.8 Å². The monoisotopic (exact) mass is 245 g/mol. The maximum Gasteiger partial charge on any atom is 0.303 e. The molecule has 0 radical (unpaired) electrons. The first-order valence-electron chi connectivity index (χ1n) is 4.49. The topological polar surface area (TPSA) is 63.3 Å². The first-order chi connectivity index (χ1) is 7.09. The number of aliphatic carboxylic acids is 1. The second-order valence-electron chi connectivity index (χ2n) is 3.03. The fourth-order valence-electron chi connectivity index (χ4n) is 1.04. The molecule has 1 rings (SSSR count). The van der Waals surface area contributed by atoms with E-state index < -0.39 is 5.97 Å². The average Bonchev–Trinajstić information content (AvgIpc) is 2.17. The molecule has 15 heavy (non-hydrogen) atoms. The molecule has 0 bridgehead atoms. The molecule has 0 heterocycles. The van der Waals surface area contributed by atoms with Crippen LogP contribution in [-0.2, 0) is 4.79 Å². The highest BCUT2D eigenvalue weighted by molar-refractivity contribution is 7.99. The van der Waals surface area contributed by atoms with Gasteiger partial charge in [0.1, 0.15) is 0 Å². The van der Waals surface area contributed by atoms with Crippen LogP contribution in [0, 0.1) is 0 Å². The lowest BCUT2D eigenvalue weighted by Crippen LogP contribution is -1.95. The lowest BCUT2D eigenvalue weighted by atomic mass is 10.3. The normalized spacial score (nSPS) is 10.2. The largest absolute Gasteiger partial charge is 0.481 e. The molecule has 82 valence electrons. The third-order valence-electron chi connectivity index (χ3n) is 1.77. The van der Waals surface area contributed by atoms with Gasteiger partial charge in [-0.05, 0) is 30.4 Å². The van der Waals surface area contributed by atoms with Crippen LogP contribution in [0.15, 0.2) is 23.1 Å². The van der Waals surface area contributed by atoms with Crippen molar-refractivity contribution in [2.75, 3.05) is 11.5 Å². The van der Waals surface area contributed by atoms with Gasteiger partial charge in [0, 0.05) is 22.0 Å². The van der Waals surface area contributed by atoms with Gasteiger partial charge in [0.2, 0.25) is 0 Å². The number of carboxylic acid groups (broad SMARTS) is 1. The van der Waals surface area contributed by atoms with Crippen LogP contribution in [-0.4, -0.2) is 16.8 Å². The molecule has 0 spiro atoms. The molecule has 3 N–H and O–H groups in total. The highest BCUT2D eigenvalue weighted by atomic mass is 35.5. The summed E-state index contributed by atoms with van der Waals surface area (Å²) in [5, 5.41) is 9.10. The number of hydrogen-bond donors (Lipinski definition) is 2. The van der Waals surface area contributed by atoms with E-state index in [9.17, 15) is 4.79 Å². The summed E-state index contributed by atoms with van der Waals surface area (Å²) in [5.74, 6) is -0.0358. The molecule has 3 nitrogen and oxygen atoms in total. The minimum atomic E-state index is -0.769. The van der Waals surface area contributed by atoms with Gasteiger partial charge in [-0.3, -0.25) is 4.79 Å². The van der Waals surface area contributed by atoms with Crippen molar-refractivity contribution in [1.29, 1.82) is 0 Å². The summed E-state index contributed by atoms with van der Waals surface area (Å²) < 4.78 is 0. The van der Waals surface area contributed by atoms with Gasteiger partial charge in [-0.25, -0.2) is 0 Å². The van der Waals surface area contributed by atoms with Gasteiger partial charge in [0.05, 0.1) is 0 Å². The number of rotatable bonds is 5. The van der Waals surface area contributed by atoms with Gasteiger partial charge < -0.3 is 10.8 Å². The summed E-state index contributed by atoms with van der Waals surface area (Å²) in [4.78, 5) is 11.2. The van der Waals surface area contributed by atoms with Crippen LogP contribution < -0.4 is 5.73 Å². The molecule has 0 fully saturated rings. The standard InChI is InChI=1S/C10H12ClNO2S/c11-7-3-4-8(12)9(6-7)15-5-1-2-10(13)14/h3-4,6H,1-2,5,12H2,(H,13,14). The van der Waals surface area contributed by atoms with Crippen LogP contribution >= 0.6 is 23.4 Å². The van der Waals surface area contributed by atoms with E-state index in [1.807, 2.05) is 0 Å². The first-order valence-corrected chi connectivity index (χ1v) is 5.85. The number of hydrogen-bond acceptors (Lipinski definition) is 3. The zero-order valence-electron chi connectivity index (χ0n) is 8.07. The molecule has 0 aliphatic rings. The zero-order chi connectivity index (χ0) is 11.3. The van der Waals surface area contributed by atoms with Crippen molar-refractivity contribution >= 4 is 35.0 Å². The van der Waals surface area contributed by atoms with Gasteiger partial charge in [0.25, 0.3) is 0 Å². The van der Waals surface area contributed by atoms with E-state index in [1.54, 1.807) is 18.2 Å². The van der Waals surface area contributed by atoms with Crippen molar-refractivity contribution in [2.45, 2.75) is 17.7 Å². The van der Waals surface area contributed by atoms with Gasteiger partial charge >= 0.3 is 5.97 Å². The quantitative estimate of drug-likeness (QED) is 0.476. The van der Waals surface area contributed by atoms with Crippen molar-refractivity contribution in [3.05, 3.63) is 23.2 Å². The van der Waals surface area contributed by atoms with Crippen molar-refractivity contribution in [3.8, 4) is 0 Å². The molecule has 0 unspecified atom stereocenters. The Kier molecular flexibility index (Phi) is 4.78. The number of nitrogen functional groups attached to an aromatic ring is 1. The van der Waals surface area contributed by atoms with E-state index in [0.29, 0.717) is 17.1 Å². The molecule has 0 atom stereocenters. The van der Waals surface area contributed by atoms with Crippen molar-refractivity contribution in [3.63, 3.8) is 0 Å². The Balaban J connectivity index is 2.43. The van der Waals surface area contributed by atoms with Crippen LogP contribution in [0.2, 0.25) is 5.02 Å². The lowest BCUT2D eigenvalue weighted by molar-refractivity contribution is -0.137. The maximum atomic E-state index is 10.3. The van der Waals surface area contributed by atoms with Gasteiger partial charge in [-0.1, -0.05) is 11.6 Å². The van der Waals surface area contributed by atoms with E-state index in [0.717, 1.165) is 10.6 Å². The fourth-order valence-corrected chi connectivity index (χ4v) is 2.23. The second kappa shape index (κ2) is 5.88. The number of carboxylic acids is 1. The van der Waals surface area contributed by atoms with Gasteiger partial charge in [-0.2, -0.15) is 0 Å². The van der Waals surface area contributed by atoms with E-state index in [-0.39, 0.29) is 6.42 Å². The molecule has 5 heteroatoms. The number of thioether (sulfide) groups is 1. The Morgan fingerprint density at radius 1 is 1.53 bits per heavy atom. The van der Waals surface area contributed by atoms with Gasteiger partial charge in [-0.15, -0.1) is 11.8 Å². The van der Waals surface area contributed by atoms with Crippen LogP contribution in [0.5, 0.6) is 0 Å². The third kappa shape index (κ3) is 4.44. The molecule has 0 saturated heterocycles. The summed E-state index contributed by atoms with van der Waals surface area (Å²) in [7, 11) is 0.